The average Bonchev–Trinajstić information content (AvgIpc) is 3.03. The highest BCUT2D eigenvalue weighted by molar-refractivity contribution is 5.53. The standard InChI is InChI=1S/C12H14N4/c1-2-7-15(6-1)11-4-3-5-12(8-11)16-10-13-9-14-16/h3-5,8-10H,1-2,6-7H2. The van der Waals surface area contributed by atoms with Crippen LogP contribution in [0.4, 0.5) is 5.69 Å². The summed E-state index contributed by atoms with van der Waals surface area (Å²) in [5.74, 6) is 0. The molecule has 0 saturated carbocycles. The number of rotatable bonds is 2. The largest absolute Gasteiger partial charge is 0.371 e. The van der Waals surface area contributed by atoms with Crippen molar-refractivity contribution in [3.8, 4) is 5.69 Å². The van der Waals surface area contributed by atoms with Crippen LogP contribution in [0.1, 0.15) is 12.8 Å². The lowest BCUT2D eigenvalue weighted by atomic mass is 10.2. The minimum atomic E-state index is 1.07. The molecular weight excluding hydrogens is 200 g/mol. The molecule has 1 saturated heterocycles. The van der Waals surface area contributed by atoms with Gasteiger partial charge in [0.1, 0.15) is 12.7 Å². The van der Waals surface area contributed by atoms with Crippen molar-refractivity contribution in [3.63, 3.8) is 0 Å². The normalized spacial score (nSPS) is 15.6. The summed E-state index contributed by atoms with van der Waals surface area (Å²) < 4.78 is 1.79. The second-order valence-electron chi connectivity index (χ2n) is 4.05. The topological polar surface area (TPSA) is 34.0 Å². The minimum Gasteiger partial charge on any atom is -0.371 e. The monoisotopic (exact) mass is 214 g/mol. The first kappa shape index (κ1) is 9.39. The molecule has 4 nitrogen and oxygen atoms in total. The van der Waals surface area contributed by atoms with Crippen LogP contribution in [-0.2, 0) is 0 Å². The molecule has 0 atom stereocenters. The zero-order chi connectivity index (χ0) is 10.8. The number of anilines is 1. The van der Waals surface area contributed by atoms with E-state index < -0.39 is 0 Å². The zero-order valence-corrected chi connectivity index (χ0v) is 9.08. The van der Waals surface area contributed by atoms with E-state index >= 15 is 0 Å². The van der Waals surface area contributed by atoms with Gasteiger partial charge in [0, 0.05) is 18.8 Å². The second kappa shape index (κ2) is 3.96. The van der Waals surface area contributed by atoms with Crippen molar-refractivity contribution in [2.75, 3.05) is 18.0 Å². The Morgan fingerprint density at radius 1 is 1.06 bits per heavy atom. The van der Waals surface area contributed by atoms with Gasteiger partial charge in [-0.25, -0.2) is 9.67 Å². The van der Waals surface area contributed by atoms with Gasteiger partial charge < -0.3 is 4.90 Å². The van der Waals surface area contributed by atoms with Crippen molar-refractivity contribution < 1.29 is 0 Å². The predicted molar refractivity (Wildman–Crippen MR) is 62.8 cm³/mol. The van der Waals surface area contributed by atoms with Crippen LogP contribution in [0, 0.1) is 0 Å². The van der Waals surface area contributed by atoms with Gasteiger partial charge in [0.15, 0.2) is 0 Å². The van der Waals surface area contributed by atoms with Crippen LogP contribution in [0.2, 0.25) is 0 Å². The molecule has 1 aromatic heterocycles. The Labute approximate surface area is 94.5 Å². The maximum absolute atomic E-state index is 4.14. The number of nitrogens with zero attached hydrogens (tertiary/aromatic N) is 4. The molecule has 4 heteroatoms. The van der Waals surface area contributed by atoms with Gasteiger partial charge in [-0.1, -0.05) is 6.07 Å². The second-order valence-corrected chi connectivity index (χ2v) is 4.05. The Kier molecular flexibility index (Phi) is 2.33. The molecule has 0 spiro atoms. The summed E-state index contributed by atoms with van der Waals surface area (Å²) >= 11 is 0. The van der Waals surface area contributed by atoms with Crippen LogP contribution in [-0.4, -0.2) is 27.9 Å². The third kappa shape index (κ3) is 1.66. The third-order valence-electron chi connectivity index (χ3n) is 2.98. The summed E-state index contributed by atoms with van der Waals surface area (Å²) in [4.78, 5) is 6.38. The van der Waals surface area contributed by atoms with Crippen molar-refractivity contribution in [3.05, 3.63) is 36.9 Å². The molecule has 0 N–H and O–H groups in total. The van der Waals surface area contributed by atoms with Gasteiger partial charge in [0.25, 0.3) is 0 Å². The smallest absolute Gasteiger partial charge is 0.138 e. The third-order valence-corrected chi connectivity index (χ3v) is 2.98. The Morgan fingerprint density at radius 3 is 2.62 bits per heavy atom. The van der Waals surface area contributed by atoms with Crippen LogP contribution in [0.5, 0.6) is 0 Å². The van der Waals surface area contributed by atoms with Gasteiger partial charge in [0.2, 0.25) is 0 Å². The number of benzene rings is 1. The molecule has 16 heavy (non-hydrogen) atoms. The SMILES string of the molecule is c1cc(N2CCCC2)cc(-n2cncn2)c1. The Balaban J connectivity index is 1.93. The summed E-state index contributed by atoms with van der Waals surface area (Å²) in [5, 5.41) is 4.14. The highest BCUT2D eigenvalue weighted by Crippen LogP contribution is 2.22. The molecule has 1 fully saturated rings. The molecule has 0 bridgehead atoms. The molecule has 3 rings (SSSR count). The molecule has 1 aliphatic heterocycles. The molecule has 0 unspecified atom stereocenters. The first-order chi connectivity index (χ1) is 7.93. The van der Waals surface area contributed by atoms with Crippen LogP contribution in [0.3, 0.4) is 0 Å². The van der Waals surface area contributed by atoms with E-state index in [1.54, 1.807) is 17.3 Å². The quantitative estimate of drug-likeness (QED) is 0.765. The lowest BCUT2D eigenvalue weighted by Gasteiger charge is -2.18. The van der Waals surface area contributed by atoms with E-state index in [4.69, 9.17) is 0 Å². The van der Waals surface area contributed by atoms with Crippen molar-refractivity contribution in [2.24, 2.45) is 0 Å². The van der Waals surface area contributed by atoms with E-state index in [9.17, 15) is 0 Å². The Morgan fingerprint density at radius 2 is 1.88 bits per heavy atom. The van der Waals surface area contributed by atoms with E-state index in [2.05, 4.69) is 33.2 Å². The van der Waals surface area contributed by atoms with Crippen molar-refractivity contribution in [1.29, 1.82) is 0 Å². The molecular formula is C12H14N4. The molecule has 0 radical (unpaired) electrons. The van der Waals surface area contributed by atoms with E-state index in [-0.39, 0.29) is 0 Å². The molecule has 1 aliphatic rings. The van der Waals surface area contributed by atoms with Crippen molar-refractivity contribution >= 4 is 5.69 Å². The van der Waals surface area contributed by atoms with Crippen molar-refractivity contribution in [2.45, 2.75) is 12.8 Å². The van der Waals surface area contributed by atoms with Crippen LogP contribution in [0.15, 0.2) is 36.9 Å². The zero-order valence-electron chi connectivity index (χ0n) is 9.08. The minimum absolute atomic E-state index is 1.07. The lowest BCUT2D eigenvalue weighted by molar-refractivity contribution is 0.875. The summed E-state index contributed by atoms with van der Waals surface area (Å²) in [6.07, 6.45) is 5.88. The van der Waals surface area contributed by atoms with E-state index in [1.807, 2.05) is 6.07 Å². The number of hydrogen-bond acceptors (Lipinski definition) is 3. The predicted octanol–water partition coefficient (Wildman–Crippen LogP) is 1.87. The highest BCUT2D eigenvalue weighted by atomic mass is 15.3. The lowest BCUT2D eigenvalue weighted by Crippen LogP contribution is -2.17. The average molecular weight is 214 g/mol. The summed E-state index contributed by atoms with van der Waals surface area (Å²) in [5.41, 5.74) is 2.35. The fourth-order valence-corrected chi connectivity index (χ4v) is 2.15. The Hall–Kier alpha value is -1.84. The van der Waals surface area contributed by atoms with Crippen LogP contribution < -0.4 is 4.90 Å². The van der Waals surface area contributed by atoms with Gasteiger partial charge in [-0.3, -0.25) is 0 Å². The molecule has 82 valence electrons. The fraction of sp³-hybridized carbons (Fsp3) is 0.333. The van der Waals surface area contributed by atoms with E-state index in [0.717, 1.165) is 5.69 Å². The van der Waals surface area contributed by atoms with Crippen molar-refractivity contribution in [1.82, 2.24) is 14.8 Å². The molecule has 2 heterocycles. The summed E-state index contributed by atoms with van der Waals surface area (Å²) in [7, 11) is 0. The highest BCUT2D eigenvalue weighted by Gasteiger charge is 2.12. The number of hydrogen-bond donors (Lipinski definition) is 0. The van der Waals surface area contributed by atoms with Crippen LogP contribution in [0.25, 0.3) is 5.69 Å². The van der Waals surface area contributed by atoms with Gasteiger partial charge >= 0.3 is 0 Å². The Bertz CT molecular complexity index is 458. The molecule has 0 aliphatic carbocycles. The first-order valence-electron chi connectivity index (χ1n) is 5.63. The maximum atomic E-state index is 4.14. The summed E-state index contributed by atoms with van der Waals surface area (Å²) in [6, 6.07) is 8.45. The maximum Gasteiger partial charge on any atom is 0.138 e. The summed E-state index contributed by atoms with van der Waals surface area (Å²) in [6.45, 7) is 2.33. The van der Waals surface area contributed by atoms with Gasteiger partial charge in [0.05, 0.1) is 5.69 Å². The molecule has 0 amide bonds. The van der Waals surface area contributed by atoms with E-state index in [1.165, 1.54) is 31.6 Å². The van der Waals surface area contributed by atoms with Gasteiger partial charge in [-0.2, -0.15) is 5.10 Å². The molecule has 2 aromatic rings. The van der Waals surface area contributed by atoms with Gasteiger partial charge in [-0.15, -0.1) is 0 Å². The first-order valence-corrected chi connectivity index (χ1v) is 5.63. The van der Waals surface area contributed by atoms with E-state index in [0.29, 0.717) is 0 Å². The fourth-order valence-electron chi connectivity index (χ4n) is 2.15. The number of aromatic nitrogens is 3. The molecule has 1 aromatic carbocycles. The van der Waals surface area contributed by atoms with Crippen LogP contribution >= 0.6 is 0 Å². The van der Waals surface area contributed by atoms with Gasteiger partial charge in [-0.05, 0) is 31.0 Å².